The highest BCUT2D eigenvalue weighted by molar-refractivity contribution is 7.18. The Morgan fingerprint density at radius 2 is 1.74 bits per heavy atom. The van der Waals surface area contributed by atoms with Gasteiger partial charge in [0.05, 0.1) is 18.2 Å². The van der Waals surface area contributed by atoms with Crippen LogP contribution in [0.3, 0.4) is 0 Å². The number of aromatic nitrogens is 2. The minimum absolute atomic E-state index is 0.0831. The Bertz CT molecular complexity index is 1060. The van der Waals surface area contributed by atoms with Crippen molar-refractivity contribution in [2.24, 2.45) is 0 Å². The molecule has 0 bridgehead atoms. The zero-order valence-electron chi connectivity index (χ0n) is 17.2. The van der Waals surface area contributed by atoms with Crippen LogP contribution in [0.2, 0.25) is 0 Å². The van der Waals surface area contributed by atoms with E-state index in [9.17, 15) is 18.0 Å². The first kappa shape index (κ1) is 21.5. The molecule has 0 unspecified atom stereocenters. The molecule has 1 saturated heterocycles. The summed E-state index contributed by atoms with van der Waals surface area (Å²) in [5, 5.41) is 0.641. The maximum atomic E-state index is 12.8. The zero-order valence-corrected chi connectivity index (χ0v) is 18.0. The summed E-state index contributed by atoms with van der Waals surface area (Å²) < 4.78 is 38.3. The molecule has 0 spiro atoms. The van der Waals surface area contributed by atoms with Crippen molar-refractivity contribution in [2.45, 2.75) is 32.4 Å². The van der Waals surface area contributed by atoms with Gasteiger partial charge in [-0.15, -0.1) is 11.3 Å². The number of alkyl halides is 3. The van der Waals surface area contributed by atoms with Crippen LogP contribution in [-0.4, -0.2) is 53.1 Å². The van der Waals surface area contributed by atoms with Gasteiger partial charge in [0, 0.05) is 31.1 Å². The first-order valence-corrected chi connectivity index (χ1v) is 11.0. The lowest BCUT2D eigenvalue weighted by molar-refractivity contribution is -0.130. The minimum Gasteiger partial charge on any atom is -0.352 e. The van der Waals surface area contributed by atoms with E-state index in [2.05, 4.69) is 29.0 Å². The van der Waals surface area contributed by atoms with E-state index in [1.54, 1.807) is 6.07 Å². The Labute approximate surface area is 182 Å². The molecule has 0 N–H and O–H groups in total. The fourth-order valence-electron chi connectivity index (χ4n) is 3.78. The number of piperazine rings is 1. The van der Waals surface area contributed by atoms with Gasteiger partial charge in [-0.1, -0.05) is 31.2 Å². The molecule has 1 aliphatic rings. The molecule has 4 rings (SSSR count). The van der Waals surface area contributed by atoms with Crippen molar-refractivity contribution in [2.75, 3.05) is 31.1 Å². The highest BCUT2D eigenvalue weighted by atomic mass is 32.1. The number of anilines is 1. The number of thiophene rings is 1. The lowest BCUT2D eigenvalue weighted by Crippen LogP contribution is -2.49. The second-order valence-electron chi connectivity index (χ2n) is 7.64. The summed E-state index contributed by atoms with van der Waals surface area (Å²) in [5.74, 6) is 0.719. The van der Waals surface area contributed by atoms with Crippen molar-refractivity contribution >= 4 is 33.3 Å². The lowest BCUT2D eigenvalue weighted by atomic mass is 10.1. The van der Waals surface area contributed by atoms with Crippen LogP contribution < -0.4 is 4.90 Å². The largest absolute Gasteiger partial charge is 0.393 e. The molecular formula is C22H23F3N4OS. The van der Waals surface area contributed by atoms with Gasteiger partial charge in [-0.05, 0) is 23.6 Å². The molecule has 1 aliphatic heterocycles. The van der Waals surface area contributed by atoms with Crippen LogP contribution in [0.25, 0.3) is 10.2 Å². The number of carbonyl (C=O) groups excluding carboxylic acids is 1. The number of nitrogens with zero attached hydrogens (tertiary/aromatic N) is 4. The van der Waals surface area contributed by atoms with E-state index in [4.69, 9.17) is 0 Å². The van der Waals surface area contributed by atoms with E-state index in [0.717, 1.165) is 23.3 Å². The van der Waals surface area contributed by atoms with Crippen molar-refractivity contribution in [3.8, 4) is 0 Å². The number of hydrogen-bond acceptors (Lipinski definition) is 5. The van der Waals surface area contributed by atoms with Gasteiger partial charge in [0.1, 0.15) is 17.0 Å². The number of rotatable bonds is 5. The molecule has 1 fully saturated rings. The molecule has 2 aromatic heterocycles. The number of hydrogen-bond donors (Lipinski definition) is 0. The summed E-state index contributed by atoms with van der Waals surface area (Å²) in [6, 6.07) is 9.64. The van der Waals surface area contributed by atoms with Crippen LogP contribution in [0.1, 0.15) is 22.9 Å². The summed E-state index contributed by atoms with van der Waals surface area (Å²) >= 11 is 1.05. The molecule has 0 radical (unpaired) electrons. The van der Waals surface area contributed by atoms with Crippen LogP contribution >= 0.6 is 11.3 Å². The molecule has 164 valence electrons. The van der Waals surface area contributed by atoms with E-state index in [1.807, 2.05) is 21.9 Å². The van der Waals surface area contributed by atoms with Crippen LogP contribution in [-0.2, 0) is 24.1 Å². The van der Waals surface area contributed by atoms with Crippen LogP contribution in [0.5, 0.6) is 0 Å². The third-order valence-corrected chi connectivity index (χ3v) is 6.50. The fraction of sp³-hybridized carbons (Fsp3) is 0.409. The van der Waals surface area contributed by atoms with Crippen molar-refractivity contribution in [1.29, 1.82) is 0 Å². The Kier molecular flexibility index (Phi) is 6.13. The molecule has 3 heterocycles. The predicted octanol–water partition coefficient (Wildman–Crippen LogP) is 4.25. The van der Waals surface area contributed by atoms with Crippen molar-refractivity contribution in [1.82, 2.24) is 14.9 Å². The van der Waals surface area contributed by atoms with E-state index in [1.165, 1.54) is 11.9 Å². The van der Waals surface area contributed by atoms with Crippen LogP contribution in [0.4, 0.5) is 19.0 Å². The zero-order chi connectivity index (χ0) is 22.0. The SMILES string of the molecule is CCc1ccc(CC(=O)N2CCN(c3ncnc4sc(CC(F)(F)F)cc34)CC2)cc1. The van der Waals surface area contributed by atoms with Gasteiger partial charge >= 0.3 is 6.18 Å². The van der Waals surface area contributed by atoms with Gasteiger partial charge in [0.15, 0.2) is 0 Å². The third-order valence-electron chi connectivity index (χ3n) is 5.45. The van der Waals surface area contributed by atoms with Gasteiger partial charge in [0.2, 0.25) is 5.91 Å². The van der Waals surface area contributed by atoms with Gasteiger partial charge in [-0.25, -0.2) is 9.97 Å². The molecule has 31 heavy (non-hydrogen) atoms. The Hall–Kier alpha value is -2.68. The minimum atomic E-state index is -4.25. The van der Waals surface area contributed by atoms with Crippen molar-refractivity contribution in [3.05, 3.63) is 52.7 Å². The van der Waals surface area contributed by atoms with Gasteiger partial charge in [-0.2, -0.15) is 13.2 Å². The van der Waals surface area contributed by atoms with Crippen molar-refractivity contribution in [3.63, 3.8) is 0 Å². The third kappa shape index (κ3) is 5.15. The number of halogens is 3. The maximum absolute atomic E-state index is 12.8. The number of fused-ring (bicyclic) bond motifs is 1. The number of carbonyl (C=O) groups is 1. The monoisotopic (exact) mass is 448 g/mol. The first-order chi connectivity index (χ1) is 14.8. The second kappa shape index (κ2) is 8.82. The fourth-order valence-corrected chi connectivity index (χ4v) is 4.80. The summed E-state index contributed by atoms with van der Waals surface area (Å²) in [6.45, 7) is 4.36. The number of amides is 1. The normalized spacial score (nSPS) is 15.0. The number of benzene rings is 1. The molecule has 9 heteroatoms. The summed E-state index contributed by atoms with van der Waals surface area (Å²) in [6.07, 6.45) is -2.49. The summed E-state index contributed by atoms with van der Waals surface area (Å²) in [7, 11) is 0. The van der Waals surface area contributed by atoms with E-state index in [-0.39, 0.29) is 10.8 Å². The smallest absolute Gasteiger partial charge is 0.352 e. The summed E-state index contributed by atoms with van der Waals surface area (Å²) in [4.78, 5) is 25.8. The molecule has 0 saturated carbocycles. The average Bonchev–Trinajstić information content (AvgIpc) is 3.15. The Balaban J connectivity index is 1.41. The highest BCUT2D eigenvalue weighted by Crippen LogP contribution is 2.34. The molecule has 0 atom stereocenters. The van der Waals surface area contributed by atoms with E-state index in [0.29, 0.717) is 48.6 Å². The summed E-state index contributed by atoms with van der Waals surface area (Å²) in [5.41, 5.74) is 2.24. The van der Waals surface area contributed by atoms with Gasteiger partial charge in [0.25, 0.3) is 0 Å². The van der Waals surface area contributed by atoms with E-state index >= 15 is 0 Å². The van der Waals surface area contributed by atoms with Crippen LogP contribution in [0, 0.1) is 0 Å². The second-order valence-corrected chi connectivity index (χ2v) is 8.75. The average molecular weight is 449 g/mol. The quantitative estimate of drug-likeness (QED) is 0.586. The van der Waals surface area contributed by atoms with Gasteiger partial charge < -0.3 is 9.80 Å². The molecule has 3 aromatic rings. The molecule has 0 aliphatic carbocycles. The molecule has 1 aromatic carbocycles. The maximum Gasteiger partial charge on any atom is 0.393 e. The van der Waals surface area contributed by atoms with Crippen LogP contribution in [0.15, 0.2) is 36.7 Å². The number of aryl methyl sites for hydroxylation is 1. The van der Waals surface area contributed by atoms with Crippen molar-refractivity contribution < 1.29 is 18.0 Å². The Morgan fingerprint density at radius 1 is 1.06 bits per heavy atom. The highest BCUT2D eigenvalue weighted by Gasteiger charge is 2.30. The molecule has 1 amide bonds. The predicted molar refractivity (Wildman–Crippen MR) is 115 cm³/mol. The topological polar surface area (TPSA) is 49.3 Å². The molecule has 5 nitrogen and oxygen atoms in total. The first-order valence-electron chi connectivity index (χ1n) is 10.2. The molecular weight excluding hydrogens is 425 g/mol. The van der Waals surface area contributed by atoms with Gasteiger partial charge in [-0.3, -0.25) is 4.79 Å². The Morgan fingerprint density at radius 3 is 2.39 bits per heavy atom. The van der Waals surface area contributed by atoms with E-state index < -0.39 is 12.6 Å². The lowest BCUT2D eigenvalue weighted by Gasteiger charge is -2.35. The standard InChI is InChI=1S/C22H23F3N4OS/c1-2-15-3-5-16(6-4-15)11-19(30)28-7-9-29(10-8-28)20-18-12-17(13-22(23,24)25)31-21(18)27-14-26-20/h3-6,12,14H,2,7-11,13H2,1H3.